The van der Waals surface area contributed by atoms with E-state index < -0.39 is 15.6 Å². The largest absolute Gasteiger partial charge is 0.422 e. The Morgan fingerprint density at radius 2 is 1.62 bits per heavy atom. The van der Waals surface area contributed by atoms with Crippen molar-refractivity contribution in [1.29, 1.82) is 0 Å². The fourth-order valence-corrected chi connectivity index (χ4v) is 5.82. The maximum Gasteiger partial charge on any atom is 0.345 e. The summed E-state index contributed by atoms with van der Waals surface area (Å²) in [4.78, 5) is 17.7. The van der Waals surface area contributed by atoms with Gasteiger partial charge < -0.3 is 9.15 Å². The predicted molar refractivity (Wildman–Crippen MR) is 148 cm³/mol. The summed E-state index contributed by atoms with van der Waals surface area (Å²) in [6, 6.07) is 25.0. The first-order valence-corrected chi connectivity index (χ1v) is 13.8. The number of morpholine rings is 1. The summed E-state index contributed by atoms with van der Waals surface area (Å²) in [7, 11) is -3.60. The molecule has 9 nitrogen and oxygen atoms in total. The van der Waals surface area contributed by atoms with Crippen molar-refractivity contribution in [3.63, 3.8) is 0 Å². The molecule has 0 atom stereocenters. The summed E-state index contributed by atoms with van der Waals surface area (Å²) < 4.78 is 39.8. The molecule has 196 valence electrons. The molecule has 0 unspecified atom stereocenters. The Balaban J connectivity index is 1.36. The van der Waals surface area contributed by atoms with Gasteiger partial charge in [0.05, 0.1) is 35.0 Å². The first-order valence-electron chi connectivity index (χ1n) is 12.4. The molecule has 1 aliphatic heterocycles. The van der Waals surface area contributed by atoms with E-state index in [0.29, 0.717) is 54.4 Å². The van der Waals surface area contributed by atoms with Gasteiger partial charge in [-0.25, -0.2) is 17.9 Å². The van der Waals surface area contributed by atoms with Crippen LogP contribution >= 0.6 is 0 Å². The van der Waals surface area contributed by atoms with Crippen molar-refractivity contribution in [2.75, 3.05) is 26.3 Å². The molecule has 0 amide bonds. The zero-order chi connectivity index (χ0) is 26.8. The monoisotopic (exact) mass is 540 g/mol. The molecule has 10 heteroatoms. The summed E-state index contributed by atoms with van der Waals surface area (Å²) >= 11 is 0. The van der Waals surface area contributed by atoms with E-state index in [0.717, 1.165) is 11.1 Å². The molecule has 0 spiro atoms. The molecule has 0 bridgehead atoms. The number of nitrogens with zero attached hydrogens (tertiary/aromatic N) is 4. The van der Waals surface area contributed by atoms with Gasteiger partial charge in [0.25, 0.3) is 0 Å². The number of ether oxygens (including phenoxy) is 1. The number of aliphatic imine (C=N–C) groups is 1. The molecule has 39 heavy (non-hydrogen) atoms. The third-order valence-electron chi connectivity index (χ3n) is 6.46. The second-order valence-electron chi connectivity index (χ2n) is 8.97. The number of fused-ring (bicyclic) bond motifs is 1. The van der Waals surface area contributed by atoms with Crippen LogP contribution in [0.3, 0.4) is 0 Å². The Morgan fingerprint density at radius 1 is 0.897 bits per heavy atom. The van der Waals surface area contributed by atoms with Crippen molar-refractivity contribution >= 4 is 32.9 Å². The van der Waals surface area contributed by atoms with Crippen LogP contribution in [-0.4, -0.2) is 55.0 Å². The fourth-order valence-electron chi connectivity index (χ4n) is 4.42. The Hall–Kier alpha value is -4.38. The molecule has 0 saturated carbocycles. The highest BCUT2D eigenvalue weighted by Crippen LogP contribution is 2.25. The topological polar surface area (TPSA) is 107 Å². The normalized spacial score (nSPS) is 14.8. The Morgan fingerprint density at radius 3 is 2.38 bits per heavy atom. The lowest BCUT2D eigenvalue weighted by Crippen LogP contribution is -2.40. The zero-order valence-electron chi connectivity index (χ0n) is 20.8. The van der Waals surface area contributed by atoms with Crippen LogP contribution in [0.5, 0.6) is 0 Å². The molecule has 1 saturated heterocycles. The van der Waals surface area contributed by atoms with E-state index in [4.69, 9.17) is 14.3 Å². The minimum Gasteiger partial charge on any atom is -0.422 e. The summed E-state index contributed by atoms with van der Waals surface area (Å²) in [6.07, 6.45) is 3.40. The second kappa shape index (κ2) is 10.4. The molecule has 0 radical (unpaired) electrons. The van der Waals surface area contributed by atoms with E-state index in [2.05, 4.69) is 4.99 Å². The fraction of sp³-hybridized carbons (Fsp3) is 0.138. The number of sulfonamides is 1. The van der Waals surface area contributed by atoms with Crippen LogP contribution in [0.4, 0.5) is 5.69 Å². The van der Waals surface area contributed by atoms with Gasteiger partial charge in [0.1, 0.15) is 11.3 Å². The number of hydrogen-bond acceptors (Lipinski definition) is 7. The average Bonchev–Trinajstić information content (AvgIpc) is 3.41. The van der Waals surface area contributed by atoms with Crippen LogP contribution in [0.15, 0.2) is 110 Å². The highest BCUT2D eigenvalue weighted by Gasteiger charge is 2.26. The molecule has 0 aliphatic carbocycles. The Labute approximate surface area is 224 Å². The van der Waals surface area contributed by atoms with Crippen molar-refractivity contribution in [2.45, 2.75) is 4.90 Å². The van der Waals surface area contributed by atoms with Gasteiger partial charge in [0.15, 0.2) is 0 Å². The molecule has 3 aromatic carbocycles. The number of benzene rings is 3. The first-order chi connectivity index (χ1) is 19.0. The van der Waals surface area contributed by atoms with Crippen LogP contribution in [-0.2, 0) is 14.8 Å². The van der Waals surface area contributed by atoms with Crippen molar-refractivity contribution in [3.05, 3.63) is 107 Å². The van der Waals surface area contributed by atoms with Crippen LogP contribution in [0.2, 0.25) is 0 Å². The third-order valence-corrected chi connectivity index (χ3v) is 8.37. The minimum atomic E-state index is -3.60. The summed E-state index contributed by atoms with van der Waals surface area (Å²) in [5.41, 5.74) is 2.72. The van der Waals surface area contributed by atoms with Gasteiger partial charge in [0, 0.05) is 36.5 Å². The maximum atomic E-state index is 12.9. The van der Waals surface area contributed by atoms with Gasteiger partial charge in [-0.2, -0.15) is 9.40 Å². The highest BCUT2D eigenvalue weighted by atomic mass is 32.2. The second-order valence-corrected chi connectivity index (χ2v) is 10.9. The lowest BCUT2D eigenvalue weighted by molar-refractivity contribution is 0.0730. The first kappa shape index (κ1) is 24.9. The smallest absolute Gasteiger partial charge is 0.345 e. The Bertz CT molecular complexity index is 1820. The lowest BCUT2D eigenvalue weighted by Gasteiger charge is -2.26. The van der Waals surface area contributed by atoms with E-state index in [1.165, 1.54) is 4.31 Å². The van der Waals surface area contributed by atoms with Gasteiger partial charge in [-0.1, -0.05) is 36.4 Å². The summed E-state index contributed by atoms with van der Waals surface area (Å²) in [6.45, 7) is 1.44. The van der Waals surface area contributed by atoms with E-state index >= 15 is 0 Å². The van der Waals surface area contributed by atoms with Crippen LogP contribution < -0.4 is 5.63 Å². The molecule has 5 aromatic rings. The molecule has 1 fully saturated rings. The molecule has 1 aliphatic rings. The van der Waals surface area contributed by atoms with Crippen molar-refractivity contribution < 1.29 is 17.6 Å². The van der Waals surface area contributed by atoms with E-state index in [9.17, 15) is 13.2 Å². The molecule has 3 heterocycles. The van der Waals surface area contributed by atoms with Crippen molar-refractivity contribution in [2.24, 2.45) is 4.99 Å². The Kier molecular flexibility index (Phi) is 6.65. The number of aromatic nitrogens is 2. The third kappa shape index (κ3) is 5.05. The molecule has 2 aromatic heterocycles. The van der Waals surface area contributed by atoms with Gasteiger partial charge in [-0.15, -0.1) is 0 Å². The van der Waals surface area contributed by atoms with Gasteiger partial charge in [-0.05, 0) is 48.5 Å². The molecule has 0 N–H and O–H groups in total. The van der Waals surface area contributed by atoms with E-state index in [-0.39, 0.29) is 4.90 Å². The number of rotatable bonds is 6. The molecular formula is C29H24N4O5S. The van der Waals surface area contributed by atoms with Gasteiger partial charge in [0.2, 0.25) is 10.0 Å². The quantitative estimate of drug-likeness (QED) is 0.233. The lowest BCUT2D eigenvalue weighted by atomic mass is 10.1. The van der Waals surface area contributed by atoms with Crippen LogP contribution in [0.1, 0.15) is 5.56 Å². The highest BCUT2D eigenvalue weighted by molar-refractivity contribution is 7.89. The predicted octanol–water partition coefficient (Wildman–Crippen LogP) is 4.42. The van der Waals surface area contributed by atoms with Crippen molar-refractivity contribution in [1.82, 2.24) is 14.1 Å². The SMILES string of the molecule is O=c1oc2ccccc2cc1-c1nn(-c2ccccc2)cc1C=Nc1ccc(S(=O)(=O)N2CCOCC2)cc1. The van der Waals surface area contributed by atoms with Crippen LogP contribution in [0.25, 0.3) is 27.9 Å². The number of hydrogen-bond donors (Lipinski definition) is 0. The average molecular weight is 541 g/mol. The molecule has 6 rings (SSSR count). The minimum absolute atomic E-state index is 0.203. The van der Waals surface area contributed by atoms with Gasteiger partial charge in [-0.3, -0.25) is 4.99 Å². The standard InChI is InChI=1S/C29H24N4O5S/c34-29-26(18-21-6-4-5-9-27(21)38-29)28-22(20-33(31-28)24-7-2-1-3-8-24)19-30-23-10-12-25(13-11-23)39(35,36)32-14-16-37-17-15-32/h1-13,18-20H,14-17H2. The zero-order valence-corrected chi connectivity index (χ0v) is 21.6. The van der Waals surface area contributed by atoms with Gasteiger partial charge >= 0.3 is 5.63 Å². The van der Waals surface area contributed by atoms with Crippen molar-refractivity contribution in [3.8, 4) is 16.9 Å². The number of para-hydroxylation sites is 2. The van der Waals surface area contributed by atoms with E-state index in [1.54, 1.807) is 53.5 Å². The van der Waals surface area contributed by atoms with E-state index in [1.807, 2.05) is 48.5 Å². The summed E-state index contributed by atoms with van der Waals surface area (Å²) in [5.74, 6) is 0. The maximum absolute atomic E-state index is 12.9. The van der Waals surface area contributed by atoms with Crippen LogP contribution in [0, 0.1) is 0 Å². The molecular weight excluding hydrogens is 516 g/mol. The summed E-state index contributed by atoms with van der Waals surface area (Å²) in [5, 5.41) is 5.48.